The number of carbonyl (C=O) groups is 1. The van der Waals surface area contributed by atoms with Gasteiger partial charge in [-0.2, -0.15) is 0 Å². The Balaban J connectivity index is 2.53. The maximum absolute atomic E-state index is 11.5. The summed E-state index contributed by atoms with van der Waals surface area (Å²) in [6, 6.07) is 2.13. The predicted octanol–water partition coefficient (Wildman–Crippen LogP) is 2.09. The molecule has 0 aliphatic heterocycles. The average Bonchev–Trinajstić information content (AvgIpc) is 2.21. The van der Waals surface area contributed by atoms with Gasteiger partial charge in [0.2, 0.25) is 5.91 Å². The second-order valence-corrected chi connectivity index (χ2v) is 4.76. The molecule has 0 atom stereocenters. The topological polar surface area (TPSA) is 54.0 Å². The molecule has 16 heavy (non-hydrogen) atoms. The number of halogens is 1. The van der Waals surface area contributed by atoms with Crippen molar-refractivity contribution in [3.8, 4) is 0 Å². The van der Waals surface area contributed by atoms with E-state index >= 15 is 0 Å². The van der Waals surface area contributed by atoms with Crippen molar-refractivity contribution < 1.29 is 4.79 Å². The summed E-state index contributed by atoms with van der Waals surface area (Å²) < 4.78 is 0.936. The highest BCUT2D eigenvalue weighted by atomic mass is 79.9. The molecule has 0 radical (unpaired) electrons. The number of aryl methyl sites for hydroxylation is 1. The third kappa shape index (κ3) is 4.28. The van der Waals surface area contributed by atoms with Gasteiger partial charge in [0, 0.05) is 16.7 Å². The number of nitrogens with zero attached hydrogens (tertiary/aromatic N) is 1. The number of nitrogens with one attached hydrogen (secondary N) is 2. The molecule has 1 aromatic rings. The molecule has 2 N–H and O–H groups in total. The van der Waals surface area contributed by atoms with Gasteiger partial charge in [0.1, 0.15) is 5.82 Å². The van der Waals surface area contributed by atoms with E-state index in [2.05, 4.69) is 31.5 Å². The fraction of sp³-hybridized carbons (Fsp3) is 0.455. The van der Waals surface area contributed by atoms with Crippen LogP contribution in [-0.2, 0) is 4.79 Å². The maximum Gasteiger partial charge on any atom is 0.239 e. The minimum Gasteiger partial charge on any atom is -0.310 e. The number of carbonyl (C=O) groups excluding carboxylic acids is 1. The number of aromatic nitrogens is 1. The molecule has 0 spiro atoms. The van der Waals surface area contributed by atoms with E-state index in [9.17, 15) is 4.79 Å². The molecule has 0 aromatic carbocycles. The lowest BCUT2D eigenvalue weighted by molar-refractivity contribution is -0.115. The zero-order chi connectivity index (χ0) is 12.1. The van der Waals surface area contributed by atoms with Gasteiger partial charge in [-0.25, -0.2) is 4.98 Å². The van der Waals surface area contributed by atoms with Crippen molar-refractivity contribution in [1.29, 1.82) is 0 Å². The number of pyridine rings is 1. The van der Waals surface area contributed by atoms with Crippen molar-refractivity contribution >= 4 is 27.7 Å². The van der Waals surface area contributed by atoms with Crippen LogP contribution in [0.15, 0.2) is 16.7 Å². The fourth-order valence-electron chi connectivity index (χ4n) is 1.09. The first-order valence-corrected chi connectivity index (χ1v) is 5.93. The molecule has 0 unspecified atom stereocenters. The summed E-state index contributed by atoms with van der Waals surface area (Å²) in [5.74, 6) is 0.499. The molecular formula is C11H16BrN3O. The van der Waals surface area contributed by atoms with E-state index in [4.69, 9.17) is 0 Å². The average molecular weight is 286 g/mol. The predicted molar refractivity (Wildman–Crippen MR) is 68.4 cm³/mol. The van der Waals surface area contributed by atoms with Crippen molar-refractivity contribution in [2.75, 3.05) is 11.9 Å². The Hall–Kier alpha value is -0.940. The Bertz CT molecular complexity index is 379. The van der Waals surface area contributed by atoms with E-state index in [1.165, 1.54) is 0 Å². The van der Waals surface area contributed by atoms with Crippen LogP contribution in [0.3, 0.4) is 0 Å². The normalized spacial score (nSPS) is 10.6. The zero-order valence-electron chi connectivity index (χ0n) is 9.67. The van der Waals surface area contributed by atoms with Gasteiger partial charge in [0.15, 0.2) is 0 Å². The van der Waals surface area contributed by atoms with E-state index in [1.807, 2.05) is 26.8 Å². The van der Waals surface area contributed by atoms with Crippen LogP contribution in [0.25, 0.3) is 0 Å². The van der Waals surface area contributed by atoms with Crippen LogP contribution in [0.4, 0.5) is 5.82 Å². The first-order valence-electron chi connectivity index (χ1n) is 5.14. The van der Waals surface area contributed by atoms with Crippen LogP contribution < -0.4 is 10.6 Å². The third-order valence-electron chi connectivity index (χ3n) is 1.99. The van der Waals surface area contributed by atoms with E-state index in [0.717, 1.165) is 10.0 Å². The molecule has 0 bridgehead atoms. The minimum absolute atomic E-state index is 0.0806. The smallest absolute Gasteiger partial charge is 0.239 e. The van der Waals surface area contributed by atoms with Crippen molar-refractivity contribution in [3.05, 3.63) is 22.3 Å². The molecule has 5 heteroatoms. The molecule has 1 aromatic heterocycles. The Morgan fingerprint density at radius 1 is 1.56 bits per heavy atom. The Labute approximate surface area is 104 Å². The van der Waals surface area contributed by atoms with Gasteiger partial charge in [-0.1, -0.05) is 13.8 Å². The van der Waals surface area contributed by atoms with Gasteiger partial charge in [0.25, 0.3) is 0 Å². The van der Waals surface area contributed by atoms with Gasteiger partial charge in [-0.05, 0) is 34.5 Å². The first-order chi connectivity index (χ1) is 7.49. The van der Waals surface area contributed by atoms with Gasteiger partial charge >= 0.3 is 0 Å². The molecule has 1 rings (SSSR count). The van der Waals surface area contributed by atoms with Crippen LogP contribution in [0.2, 0.25) is 0 Å². The maximum atomic E-state index is 11.5. The molecule has 0 saturated carbocycles. The van der Waals surface area contributed by atoms with Crippen LogP contribution >= 0.6 is 15.9 Å². The summed E-state index contributed by atoms with van der Waals surface area (Å²) in [5, 5.41) is 5.77. The highest BCUT2D eigenvalue weighted by Gasteiger charge is 2.05. The molecular weight excluding hydrogens is 270 g/mol. The second-order valence-electron chi connectivity index (χ2n) is 3.90. The second kappa shape index (κ2) is 5.96. The monoisotopic (exact) mass is 285 g/mol. The molecule has 0 fully saturated rings. The number of hydrogen-bond donors (Lipinski definition) is 2. The molecule has 88 valence electrons. The first kappa shape index (κ1) is 13.1. The number of amides is 1. The minimum atomic E-state index is -0.0806. The summed E-state index contributed by atoms with van der Waals surface area (Å²) >= 11 is 3.36. The Morgan fingerprint density at radius 3 is 2.81 bits per heavy atom. The van der Waals surface area contributed by atoms with Crippen molar-refractivity contribution in [1.82, 2.24) is 10.3 Å². The zero-order valence-corrected chi connectivity index (χ0v) is 11.3. The summed E-state index contributed by atoms with van der Waals surface area (Å²) in [5.41, 5.74) is 1.04. The lowest BCUT2D eigenvalue weighted by atomic mass is 10.3. The van der Waals surface area contributed by atoms with Gasteiger partial charge in [0.05, 0.1) is 6.54 Å². The van der Waals surface area contributed by atoms with Crippen LogP contribution in [0, 0.1) is 6.92 Å². The van der Waals surface area contributed by atoms with E-state index in [-0.39, 0.29) is 5.91 Å². The van der Waals surface area contributed by atoms with Gasteiger partial charge in [-0.15, -0.1) is 0 Å². The van der Waals surface area contributed by atoms with Crippen molar-refractivity contribution in [3.63, 3.8) is 0 Å². The summed E-state index contributed by atoms with van der Waals surface area (Å²) in [6.07, 6.45) is 1.68. The van der Waals surface area contributed by atoms with E-state index < -0.39 is 0 Å². The van der Waals surface area contributed by atoms with Crippen molar-refractivity contribution in [2.24, 2.45) is 0 Å². The van der Waals surface area contributed by atoms with Crippen LogP contribution in [0.1, 0.15) is 19.4 Å². The summed E-state index contributed by atoms with van der Waals surface area (Å²) in [6.45, 7) is 6.24. The molecule has 0 aliphatic rings. The number of anilines is 1. The highest BCUT2D eigenvalue weighted by Crippen LogP contribution is 2.16. The number of rotatable bonds is 4. The molecule has 1 amide bonds. The number of hydrogen-bond acceptors (Lipinski definition) is 3. The van der Waals surface area contributed by atoms with Crippen LogP contribution in [0.5, 0.6) is 0 Å². The fourth-order valence-corrected chi connectivity index (χ4v) is 1.31. The molecule has 0 aliphatic carbocycles. The Kier molecular flexibility index (Phi) is 4.89. The van der Waals surface area contributed by atoms with E-state index in [1.54, 1.807) is 6.20 Å². The highest BCUT2D eigenvalue weighted by molar-refractivity contribution is 9.10. The summed E-state index contributed by atoms with van der Waals surface area (Å²) in [4.78, 5) is 15.6. The quantitative estimate of drug-likeness (QED) is 0.891. The van der Waals surface area contributed by atoms with Gasteiger partial charge in [-0.3, -0.25) is 4.79 Å². The molecule has 0 saturated heterocycles. The van der Waals surface area contributed by atoms with Gasteiger partial charge < -0.3 is 10.6 Å². The molecule has 1 heterocycles. The third-order valence-corrected chi connectivity index (χ3v) is 2.82. The lowest BCUT2D eigenvalue weighted by Crippen LogP contribution is -2.32. The lowest BCUT2D eigenvalue weighted by Gasteiger charge is -2.09. The summed E-state index contributed by atoms with van der Waals surface area (Å²) in [7, 11) is 0. The van der Waals surface area contributed by atoms with Crippen molar-refractivity contribution in [2.45, 2.75) is 26.8 Å². The van der Waals surface area contributed by atoms with E-state index in [0.29, 0.717) is 18.4 Å². The molecule has 4 nitrogen and oxygen atoms in total. The standard InChI is InChI=1S/C11H16BrN3O/c1-7(2)13-6-11(16)15-10-4-8(3)9(12)5-14-10/h4-5,7,13H,6H2,1-3H3,(H,14,15,16). The Morgan fingerprint density at radius 2 is 2.25 bits per heavy atom. The largest absolute Gasteiger partial charge is 0.310 e. The van der Waals surface area contributed by atoms with Crippen LogP contribution in [-0.4, -0.2) is 23.5 Å². The SMILES string of the molecule is Cc1cc(NC(=O)CNC(C)C)ncc1Br.